The molecule has 10 rings (SSSR count). The van der Waals surface area contributed by atoms with Crippen LogP contribution in [0.5, 0.6) is 0 Å². The molecule has 1 aliphatic rings. The lowest BCUT2D eigenvalue weighted by Crippen LogP contribution is -2.16. The summed E-state index contributed by atoms with van der Waals surface area (Å²) in [5.74, 6) is 0. The highest BCUT2D eigenvalue weighted by molar-refractivity contribution is 7.26. The number of thiophene rings is 1. The van der Waals surface area contributed by atoms with E-state index < -0.39 is 0 Å². The van der Waals surface area contributed by atoms with E-state index in [0.717, 1.165) is 11.4 Å². The second kappa shape index (κ2) is 11.6. The van der Waals surface area contributed by atoms with Crippen molar-refractivity contribution >= 4 is 59.3 Å². The summed E-state index contributed by atoms with van der Waals surface area (Å²) in [6, 6.07) is 64.8. The summed E-state index contributed by atoms with van der Waals surface area (Å²) >= 11 is 1.90. The molecule has 0 spiro atoms. The molecular formula is C49H35NS. The molecule has 9 aromatic rings. The topological polar surface area (TPSA) is 3.24 Å². The van der Waals surface area contributed by atoms with Crippen LogP contribution in [0.3, 0.4) is 0 Å². The molecule has 8 aromatic carbocycles. The maximum Gasteiger partial charge on any atom is 0.0554 e. The van der Waals surface area contributed by atoms with E-state index in [1.165, 1.54) is 81.1 Å². The standard InChI is InChI=1S/C49H35NS/c1-49(2)43-24-12-11-22-38(43)39-28-27-36(30-44(39)49)50(35-20-13-19-34(29-35)32-15-5-3-6-16-32)45-25-14-26-46-47(45)42-31-41(33-17-7-4-8-18-33)37-21-9-10-23-40(37)48(42)51-46/h3-31H,1-2H3. The minimum atomic E-state index is -0.107. The Bertz CT molecular complexity index is 2770. The second-order valence-corrected chi connectivity index (χ2v) is 15.2. The van der Waals surface area contributed by atoms with Crippen LogP contribution in [-0.4, -0.2) is 0 Å². The van der Waals surface area contributed by atoms with Crippen molar-refractivity contribution in [2.45, 2.75) is 19.3 Å². The molecule has 2 heteroatoms. The Kier molecular flexibility index (Phi) is 6.78. The Morgan fingerprint density at radius 2 is 1.08 bits per heavy atom. The van der Waals surface area contributed by atoms with Gasteiger partial charge in [-0.25, -0.2) is 0 Å². The van der Waals surface area contributed by atoms with Crippen LogP contribution in [0.1, 0.15) is 25.0 Å². The van der Waals surface area contributed by atoms with E-state index in [1.54, 1.807) is 0 Å². The van der Waals surface area contributed by atoms with Crippen LogP contribution in [0.4, 0.5) is 17.1 Å². The Morgan fingerprint density at radius 3 is 1.90 bits per heavy atom. The van der Waals surface area contributed by atoms with Gasteiger partial charge in [0.25, 0.3) is 0 Å². The van der Waals surface area contributed by atoms with Crippen molar-refractivity contribution < 1.29 is 0 Å². The van der Waals surface area contributed by atoms with Crippen molar-refractivity contribution in [2.24, 2.45) is 0 Å². The van der Waals surface area contributed by atoms with Crippen LogP contribution in [0, 0.1) is 0 Å². The van der Waals surface area contributed by atoms with Crippen LogP contribution in [-0.2, 0) is 5.41 Å². The van der Waals surface area contributed by atoms with Crippen molar-refractivity contribution in [3.63, 3.8) is 0 Å². The molecule has 0 radical (unpaired) electrons. The monoisotopic (exact) mass is 669 g/mol. The fraction of sp³-hybridized carbons (Fsp3) is 0.0612. The molecule has 0 aliphatic heterocycles. The quantitative estimate of drug-likeness (QED) is 0.176. The molecule has 1 nitrogen and oxygen atoms in total. The Balaban J connectivity index is 1.27. The molecule has 0 fully saturated rings. The lowest BCUT2D eigenvalue weighted by atomic mass is 9.82. The van der Waals surface area contributed by atoms with Crippen molar-refractivity contribution in [2.75, 3.05) is 4.90 Å². The van der Waals surface area contributed by atoms with E-state index >= 15 is 0 Å². The molecule has 51 heavy (non-hydrogen) atoms. The first kappa shape index (κ1) is 29.9. The van der Waals surface area contributed by atoms with Gasteiger partial charge < -0.3 is 4.90 Å². The van der Waals surface area contributed by atoms with Crippen LogP contribution in [0.25, 0.3) is 64.3 Å². The lowest BCUT2D eigenvalue weighted by molar-refractivity contribution is 0.660. The molecule has 0 N–H and O–H groups in total. The third kappa shape index (κ3) is 4.67. The zero-order chi connectivity index (χ0) is 34.1. The van der Waals surface area contributed by atoms with Gasteiger partial charge in [-0.15, -0.1) is 11.3 Å². The van der Waals surface area contributed by atoms with E-state index in [-0.39, 0.29) is 5.41 Å². The summed E-state index contributed by atoms with van der Waals surface area (Å²) in [5.41, 5.74) is 13.7. The predicted octanol–water partition coefficient (Wildman–Crippen LogP) is 14.3. The number of anilines is 3. The van der Waals surface area contributed by atoms with Crippen LogP contribution >= 0.6 is 11.3 Å². The first-order valence-electron chi connectivity index (χ1n) is 17.7. The maximum absolute atomic E-state index is 2.50. The van der Waals surface area contributed by atoms with Crippen molar-refractivity contribution in [1.29, 1.82) is 0 Å². The maximum atomic E-state index is 2.50. The number of hydrogen-bond acceptors (Lipinski definition) is 2. The van der Waals surface area contributed by atoms with Gasteiger partial charge in [0, 0.05) is 42.3 Å². The lowest BCUT2D eigenvalue weighted by Gasteiger charge is -2.29. The minimum Gasteiger partial charge on any atom is -0.310 e. The smallest absolute Gasteiger partial charge is 0.0554 e. The zero-order valence-corrected chi connectivity index (χ0v) is 29.4. The minimum absolute atomic E-state index is 0.107. The third-order valence-corrected chi connectivity index (χ3v) is 12.0. The number of fused-ring (bicyclic) bond motifs is 8. The van der Waals surface area contributed by atoms with E-state index in [1.807, 2.05) is 11.3 Å². The van der Waals surface area contributed by atoms with Gasteiger partial charge in [-0.2, -0.15) is 0 Å². The van der Waals surface area contributed by atoms with Gasteiger partial charge in [0.1, 0.15) is 0 Å². The van der Waals surface area contributed by atoms with E-state index in [4.69, 9.17) is 0 Å². The predicted molar refractivity (Wildman–Crippen MR) is 220 cm³/mol. The molecule has 0 saturated carbocycles. The van der Waals surface area contributed by atoms with Crippen LogP contribution < -0.4 is 4.90 Å². The van der Waals surface area contributed by atoms with Gasteiger partial charge in [-0.3, -0.25) is 0 Å². The zero-order valence-electron chi connectivity index (χ0n) is 28.6. The fourth-order valence-electron chi connectivity index (χ4n) is 8.39. The third-order valence-electron chi connectivity index (χ3n) is 10.8. The Labute approximate surface area is 302 Å². The first-order chi connectivity index (χ1) is 25.1. The number of rotatable bonds is 5. The number of nitrogens with zero attached hydrogens (tertiary/aromatic N) is 1. The molecule has 0 unspecified atom stereocenters. The summed E-state index contributed by atoms with van der Waals surface area (Å²) in [6.07, 6.45) is 0. The summed E-state index contributed by atoms with van der Waals surface area (Å²) in [4.78, 5) is 2.50. The van der Waals surface area contributed by atoms with Gasteiger partial charge >= 0.3 is 0 Å². The first-order valence-corrected chi connectivity index (χ1v) is 18.5. The van der Waals surface area contributed by atoms with Crippen LogP contribution in [0.2, 0.25) is 0 Å². The molecule has 1 aromatic heterocycles. The Hall–Kier alpha value is -5.96. The van der Waals surface area contributed by atoms with Crippen molar-refractivity contribution in [3.05, 3.63) is 187 Å². The molecule has 0 bridgehead atoms. The van der Waals surface area contributed by atoms with Gasteiger partial charge in [0.05, 0.1) is 5.69 Å². The molecule has 1 aliphatic carbocycles. The van der Waals surface area contributed by atoms with E-state index in [2.05, 4.69) is 195 Å². The van der Waals surface area contributed by atoms with Crippen molar-refractivity contribution in [1.82, 2.24) is 0 Å². The average Bonchev–Trinajstić information content (AvgIpc) is 3.68. The highest BCUT2D eigenvalue weighted by Gasteiger charge is 2.36. The summed E-state index contributed by atoms with van der Waals surface area (Å²) in [5, 5.41) is 5.17. The number of benzene rings is 8. The Morgan fingerprint density at radius 1 is 0.431 bits per heavy atom. The van der Waals surface area contributed by atoms with Crippen LogP contribution in [0.15, 0.2) is 176 Å². The van der Waals surface area contributed by atoms with E-state index in [9.17, 15) is 0 Å². The fourth-order valence-corrected chi connectivity index (χ4v) is 9.63. The average molecular weight is 670 g/mol. The van der Waals surface area contributed by atoms with Gasteiger partial charge in [0.2, 0.25) is 0 Å². The molecule has 242 valence electrons. The highest BCUT2D eigenvalue weighted by Crippen LogP contribution is 2.52. The summed E-state index contributed by atoms with van der Waals surface area (Å²) in [7, 11) is 0. The normalized spacial score (nSPS) is 13.1. The van der Waals surface area contributed by atoms with E-state index in [0.29, 0.717) is 0 Å². The van der Waals surface area contributed by atoms with Gasteiger partial charge in [0.15, 0.2) is 0 Å². The summed E-state index contributed by atoms with van der Waals surface area (Å²) < 4.78 is 2.62. The highest BCUT2D eigenvalue weighted by atomic mass is 32.1. The van der Waals surface area contributed by atoms with Gasteiger partial charge in [-0.05, 0) is 92.4 Å². The number of hydrogen-bond donors (Lipinski definition) is 0. The van der Waals surface area contributed by atoms with Crippen molar-refractivity contribution in [3.8, 4) is 33.4 Å². The molecule has 0 saturated heterocycles. The molecule has 0 amide bonds. The summed E-state index contributed by atoms with van der Waals surface area (Å²) in [6.45, 7) is 4.73. The molecule has 1 heterocycles. The SMILES string of the molecule is CC1(C)c2ccccc2-c2ccc(N(c3cccc(-c4ccccc4)c3)c3cccc4sc5c6ccccc6c(-c6ccccc6)cc5c34)cc21. The second-order valence-electron chi connectivity index (χ2n) is 14.1. The molecular weight excluding hydrogens is 635 g/mol. The van der Waals surface area contributed by atoms with Gasteiger partial charge in [-0.1, -0.05) is 147 Å². The largest absolute Gasteiger partial charge is 0.310 e. The molecule has 0 atom stereocenters.